The molecule has 0 atom stereocenters. The quantitative estimate of drug-likeness (QED) is 0.170. The van der Waals surface area contributed by atoms with Gasteiger partial charge < -0.3 is 0 Å². The van der Waals surface area contributed by atoms with Crippen LogP contribution in [0.5, 0.6) is 0 Å². The van der Waals surface area contributed by atoms with Crippen LogP contribution in [0.3, 0.4) is 0 Å². The highest BCUT2D eigenvalue weighted by atomic mass is 14.9. The van der Waals surface area contributed by atoms with Crippen LogP contribution in [0.25, 0.3) is 56.0 Å². The zero-order valence-electron chi connectivity index (χ0n) is 70.1. The van der Waals surface area contributed by atoms with Crippen molar-refractivity contribution in [2.24, 2.45) is 0 Å². The molecule has 550 valence electrons. The topological polar surface area (TPSA) is 90.2 Å². The van der Waals surface area contributed by atoms with Gasteiger partial charge in [0.05, 0.1) is 11.9 Å². The molecule has 7 heteroatoms. The van der Waals surface area contributed by atoms with E-state index in [1.807, 2.05) is 242 Å². The number of hydrogen-bond acceptors (Lipinski definition) is 7. The fourth-order valence-electron chi connectivity index (χ4n) is 8.04. The van der Waals surface area contributed by atoms with Crippen molar-refractivity contribution < 1.29 is 0 Å². The Bertz CT molecular complexity index is 2790. The number of pyridine rings is 1. The minimum absolute atomic E-state index is 0.00914. The van der Waals surface area contributed by atoms with Gasteiger partial charge in [0.15, 0.2) is 5.82 Å². The molecule has 0 spiro atoms. The molecule has 0 aliphatic carbocycles. The van der Waals surface area contributed by atoms with E-state index in [1.165, 1.54) is 38.9 Å². The molecule has 0 bridgehead atoms. The van der Waals surface area contributed by atoms with Gasteiger partial charge in [-0.05, 0) is 83.9 Å². The first-order valence-corrected chi connectivity index (χ1v) is 37.7. The fraction of sp³-hybridized carbons (Fsp3) is 0.430. The maximum atomic E-state index is 4.42. The lowest BCUT2D eigenvalue weighted by molar-refractivity contribution is 0.545. The van der Waals surface area contributed by atoms with Gasteiger partial charge in [-0.15, -0.1) is 0 Å². The third kappa shape index (κ3) is 40.7. The SMILES string of the molecule is CC.CC.CC.CC.CC.CC.CC.CC.CC.CC.CC(C)(C)c1ccc(-c2ccccc2)cc1.CC(C)(C)c1ccc(-c2ccncc2)cc1.CC(C)(C)c1ccc(-c2cnccn2)cc1.CC(C)(C)c1cnc(-c2ccccc2)nc1.CC(C)(C)c1ncc(-c2ccccc2)cn1. The van der Waals surface area contributed by atoms with E-state index in [9.17, 15) is 0 Å². The second kappa shape index (κ2) is 58.5. The summed E-state index contributed by atoms with van der Waals surface area (Å²) in [6, 6.07) is 60.9. The molecule has 0 aliphatic rings. The van der Waals surface area contributed by atoms with E-state index in [0.717, 1.165) is 45.2 Å². The maximum absolute atomic E-state index is 4.42. The van der Waals surface area contributed by atoms with Crippen LogP contribution in [0.4, 0.5) is 0 Å². The summed E-state index contributed by atoms with van der Waals surface area (Å²) in [7, 11) is 0. The molecular weight excluding hydrogens is 1220 g/mol. The zero-order chi connectivity index (χ0) is 78.0. The molecule has 0 saturated heterocycles. The monoisotopic (exact) mass is 1360 g/mol. The van der Waals surface area contributed by atoms with Gasteiger partial charge in [-0.1, -0.05) is 406 Å². The van der Waals surface area contributed by atoms with Crippen LogP contribution in [0.2, 0.25) is 0 Å². The smallest absolute Gasteiger partial charge is 0.159 e. The van der Waals surface area contributed by atoms with Gasteiger partial charge in [0.25, 0.3) is 0 Å². The molecule has 0 aliphatic heterocycles. The molecule has 0 saturated carbocycles. The van der Waals surface area contributed by atoms with Crippen LogP contribution in [0.1, 0.15) is 270 Å². The van der Waals surface area contributed by atoms with Gasteiger partial charge in [-0.3, -0.25) is 15.0 Å². The first-order valence-electron chi connectivity index (χ1n) is 37.7. The van der Waals surface area contributed by atoms with Gasteiger partial charge in [0, 0.05) is 71.7 Å². The highest BCUT2D eigenvalue weighted by Gasteiger charge is 2.18. The van der Waals surface area contributed by atoms with Crippen molar-refractivity contribution in [2.45, 2.75) is 269 Å². The molecule has 10 rings (SSSR count). The summed E-state index contributed by atoms with van der Waals surface area (Å²) in [6.45, 7) is 72.9. The molecular formula is C93H143N7. The molecule has 0 fully saturated rings. The molecule has 7 nitrogen and oxygen atoms in total. The molecule has 4 heterocycles. The lowest BCUT2D eigenvalue weighted by atomic mass is 9.86. The molecule has 6 aromatic carbocycles. The van der Waals surface area contributed by atoms with E-state index >= 15 is 0 Å². The van der Waals surface area contributed by atoms with Crippen molar-refractivity contribution >= 4 is 0 Å². The van der Waals surface area contributed by atoms with Crippen LogP contribution in [0.15, 0.2) is 232 Å². The standard InChI is InChI=1S/C16H18.C15H17N.3C14H16N2.10C2H6/c1-16(2,3)15-11-9-14(10-12-15)13-7-5-4-6-8-13;1-15(2,3)14-6-4-12(5-7-14)13-8-10-16-11-9-13;1-14(2,3)12-6-4-11(5-7-12)13-10-15-8-9-16-13;1-14(2,3)12-9-15-13(16-10-12)11-7-5-4-6-8-11;1-14(2,3)13-15-9-12(10-16-13)11-7-5-4-6-8-11;10*1-2/h4-12H,1-3H3;4-11H,1-3H3;3*4-10H,1-3H3;10*1-2H3. The molecule has 0 unspecified atom stereocenters. The van der Waals surface area contributed by atoms with Gasteiger partial charge >= 0.3 is 0 Å². The van der Waals surface area contributed by atoms with Crippen LogP contribution in [0, 0.1) is 0 Å². The summed E-state index contributed by atoms with van der Waals surface area (Å²) < 4.78 is 0. The molecule has 10 aromatic rings. The van der Waals surface area contributed by atoms with Crippen molar-refractivity contribution in [3.8, 4) is 56.0 Å². The summed E-state index contributed by atoms with van der Waals surface area (Å²) in [5, 5.41) is 0. The molecule has 4 aromatic heterocycles. The molecule has 0 radical (unpaired) electrons. The van der Waals surface area contributed by atoms with Crippen molar-refractivity contribution in [2.75, 3.05) is 0 Å². The Hall–Kier alpha value is -8.29. The minimum Gasteiger partial charge on any atom is -0.265 e. The Morgan fingerprint density at radius 2 is 0.470 bits per heavy atom. The Labute approximate surface area is 616 Å². The normalized spacial score (nSPS) is 9.75. The second-order valence-electron chi connectivity index (χ2n) is 25.0. The summed E-state index contributed by atoms with van der Waals surface area (Å²) in [5.41, 5.74) is 16.3. The highest BCUT2D eigenvalue weighted by Crippen LogP contribution is 2.29. The molecule has 0 N–H and O–H groups in total. The van der Waals surface area contributed by atoms with Crippen molar-refractivity contribution in [3.63, 3.8) is 0 Å². The number of benzene rings is 6. The first-order chi connectivity index (χ1) is 47.9. The van der Waals surface area contributed by atoms with Gasteiger partial charge in [-0.2, -0.15) is 0 Å². The fourth-order valence-corrected chi connectivity index (χ4v) is 8.04. The number of aromatic nitrogens is 7. The van der Waals surface area contributed by atoms with Crippen LogP contribution in [-0.2, 0) is 27.1 Å². The van der Waals surface area contributed by atoms with E-state index < -0.39 is 0 Å². The third-order valence-corrected chi connectivity index (χ3v) is 13.2. The second-order valence-corrected chi connectivity index (χ2v) is 25.0. The first kappa shape index (κ1) is 100. The number of rotatable bonds is 5. The number of nitrogens with zero attached hydrogens (tertiary/aromatic N) is 7. The van der Waals surface area contributed by atoms with E-state index in [4.69, 9.17) is 0 Å². The van der Waals surface area contributed by atoms with Gasteiger partial charge in [0.1, 0.15) is 5.82 Å². The summed E-state index contributed by atoms with van der Waals surface area (Å²) in [5.74, 6) is 1.67. The predicted molar refractivity (Wildman–Crippen MR) is 451 cm³/mol. The predicted octanol–water partition coefficient (Wildman–Crippen LogP) is 29.3. The summed E-state index contributed by atoms with van der Waals surface area (Å²) in [6.07, 6.45) is 16.4. The Morgan fingerprint density at radius 1 is 0.190 bits per heavy atom. The minimum atomic E-state index is 0.00914. The summed E-state index contributed by atoms with van der Waals surface area (Å²) >= 11 is 0. The largest absolute Gasteiger partial charge is 0.265 e. The van der Waals surface area contributed by atoms with E-state index in [2.05, 4.69) is 248 Å². The zero-order valence-corrected chi connectivity index (χ0v) is 70.1. The van der Waals surface area contributed by atoms with Crippen LogP contribution >= 0.6 is 0 Å². The van der Waals surface area contributed by atoms with Crippen molar-refractivity contribution in [3.05, 3.63) is 260 Å². The van der Waals surface area contributed by atoms with Crippen molar-refractivity contribution in [1.29, 1.82) is 0 Å². The van der Waals surface area contributed by atoms with Crippen LogP contribution in [-0.4, -0.2) is 34.9 Å². The van der Waals surface area contributed by atoms with Crippen LogP contribution < -0.4 is 0 Å². The Morgan fingerprint density at radius 3 is 0.760 bits per heavy atom. The maximum Gasteiger partial charge on any atom is 0.159 e. The van der Waals surface area contributed by atoms with Crippen molar-refractivity contribution in [1.82, 2.24) is 34.9 Å². The van der Waals surface area contributed by atoms with E-state index in [0.29, 0.717) is 0 Å². The molecule has 100 heavy (non-hydrogen) atoms. The van der Waals surface area contributed by atoms with E-state index in [-0.39, 0.29) is 27.1 Å². The highest BCUT2D eigenvalue weighted by molar-refractivity contribution is 5.65. The van der Waals surface area contributed by atoms with E-state index in [1.54, 1.807) is 18.6 Å². The Kier molecular flexibility index (Phi) is 58.7. The number of hydrogen-bond donors (Lipinski definition) is 0. The Balaban J connectivity index is -0.000000353. The lowest BCUT2D eigenvalue weighted by Crippen LogP contribution is -2.15. The lowest BCUT2D eigenvalue weighted by Gasteiger charge is -2.19. The molecule has 0 amide bonds. The van der Waals surface area contributed by atoms with Gasteiger partial charge in [-0.25, -0.2) is 19.9 Å². The van der Waals surface area contributed by atoms with Gasteiger partial charge in [0.2, 0.25) is 0 Å². The average molecular weight is 1360 g/mol. The average Bonchev–Trinajstić information content (AvgIpc) is 0.880. The summed E-state index contributed by atoms with van der Waals surface area (Å²) in [4.78, 5) is 30.0. The third-order valence-electron chi connectivity index (χ3n) is 13.2.